The minimum absolute atomic E-state index is 0.150. The molecule has 24 heavy (non-hydrogen) atoms. The molecule has 0 aromatic heterocycles. The topological polar surface area (TPSA) is 127 Å². The van der Waals surface area contributed by atoms with Crippen molar-refractivity contribution in [2.75, 3.05) is 6.54 Å². The van der Waals surface area contributed by atoms with Crippen molar-refractivity contribution in [2.45, 2.75) is 11.8 Å². The van der Waals surface area contributed by atoms with Crippen molar-refractivity contribution in [3.05, 3.63) is 53.6 Å². The van der Waals surface area contributed by atoms with Crippen molar-refractivity contribution < 1.29 is 23.1 Å². The Morgan fingerprint density at radius 1 is 1.17 bits per heavy atom. The second-order valence-electron chi connectivity index (χ2n) is 5.17. The van der Waals surface area contributed by atoms with Crippen LogP contribution in [0, 0.1) is 6.92 Å². The van der Waals surface area contributed by atoms with Gasteiger partial charge in [-0.2, -0.15) is 0 Å². The molecule has 0 fully saturated rings. The molecule has 0 spiro atoms. The van der Waals surface area contributed by atoms with E-state index in [-0.39, 0.29) is 10.5 Å². The molecule has 4 N–H and O–H groups in total. The van der Waals surface area contributed by atoms with E-state index in [1.165, 1.54) is 12.1 Å². The Morgan fingerprint density at radius 3 is 2.46 bits per heavy atom. The van der Waals surface area contributed by atoms with Gasteiger partial charge in [0.1, 0.15) is 0 Å². The summed E-state index contributed by atoms with van der Waals surface area (Å²) in [5.74, 6) is -2.09. The number of hydrogen-bond donors (Lipinski definition) is 3. The lowest BCUT2D eigenvalue weighted by Crippen LogP contribution is -2.33. The number of benzene rings is 2. The zero-order valence-corrected chi connectivity index (χ0v) is 13.6. The summed E-state index contributed by atoms with van der Waals surface area (Å²) < 4.78 is 26.2. The molecular weight excluding hydrogens is 332 g/mol. The molecule has 1 amide bonds. The molecule has 0 radical (unpaired) electrons. The first-order valence-corrected chi connectivity index (χ1v) is 8.41. The highest BCUT2D eigenvalue weighted by atomic mass is 32.2. The van der Waals surface area contributed by atoms with Gasteiger partial charge in [0.2, 0.25) is 15.9 Å². The molecule has 8 heteroatoms. The van der Waals surface area contributed by atoms with Crippen molar-refractivity contribution in [3.8, 4) is 11.1 Å². The second-order valence-corrected chi connectivity index (χ2v) is 6.94. The number of carboxylic acid groups (broad SMARTS) is 1. The third kappa shape index (κ3) is 3.98. The number of rotatable bonds is 6. The molecule has 0 saturated carbocycles. The Balaban J connectivity index is 2.51. The van der Waals surface area contributed by atoms with Gasteiger partial charge in [0.05, 0.1) is 17.0 Å². The number of hydrogen-bond acceptors (Lipinski definition) is 4. The van der Waals surface area contributed by atoms with Crippen LogP contribution in [-0.2, 0) is 14.8 Å². The molecule has 7 nitrogen and oxygen atoms in total. The predicted molar refractivity (Wildman–Crippen MR) is 88.0 cm³/mol. The maximum Gasteiger partial charge on any atom is 0.336 e. The molecule has 0 heterocycles. The van der Waals surface area contributed by atoms with Gasteiger partial charge in [-0.05, 0) is 30.2 Å². The first-order valence-electron chi connectivity index (χ1n) is 6.93. The largest absolute Gasteiger partial charge is 0.478 e. The highest BCUT2D eigenvalue weighted by Gasteiger charge is 2.20. The zero-order valence-electron chi connectivity index (χ0n) is 12.8. The Morgan fingerprint density at radius 2 is 1.88 bits per heavy atom. The lowest BCUT2D eigenvalue weighted by Gasteiger charge is -2.11. The van der Waals surface area contributed by atoms with Crippen molar-refractivity contribution in [1.29, 1.82) is 0 Å². The second kappa shape index (κ2) is 6.81. The monoisotopic (exact) mass is 348 g/mol. The zero-order chi connectivity index (χ0) is 17.9. The normalized spacial score (nSPS) is 11.2. The number of nitrogens with one attached hydrogen (secondary N) is 1. The molecule has 0 aliphatic rings. The number of nitrogens with two attached hydrogens (primary N) is 1. The van der Waals surface area contributed by atoms with E-state index < -0.39 is 28.4 Å². The van der Waals surface area contributed by atoms with Crippen molar-refractivity contribution >= 4 is 21.9 Å². The maximum absolute atomic E-state index is 12.1. The van der Waals surface area contributed by atoms with Crippen molar-refractivity contribution in [3.63, 3.8) is 0 Å². The van der Waals surface area contributed by atoms with Gasteiger partial charge in [-0.1, -0.05) is 35.9 Å². The minimum atomic E-state index is -4.03. The van der Waals surface area contributed by atoms with Crippen LogP contribution in [0.1, 0.15) is 15.9 Å². The van der Waals surface area contributed by atoms with Gasteiger partial charge in [-0.3, -0.25) is 4.79 Å². The summed E-state index contributed by atoms with van der Waals surface area (Å²) >= 11 is 0. The van der Waals surface area contributed by atoms with Crippen molar-refractivity contribution in [1.82, 2.24) is 4.72 Å². The number of carbonyl (C=O) groups excluding carboxylic acids is 1. The third-order valence-corrected chi connectivity index (χ3v) is 4.70. The quantitative estimate of drug-likeness (QED) is 0.721. The molecule has 2 rings (SSSR count). The fourth-order valence-corrected chi connectivity index (χ4v) is 3.20. The van der Waals surface area contributed by atoms with Crippen LogP contribution in [0.3, 0.4) is 0 Å². The number of primary amides is 1. The first-order chi connectivity index (χ1) is 11.2. The average Bonchev–Trinajstić information content (AvgIpc) is 2.52. The molecule has 0 aliphatic carbocycles. The van der Waals surface area contributed by atoms with E-state index in [1.807, 2.05) is 17.7 Å². The van der Waals surface area contributed by atoms with Gasteiger partial charge in [-0.15, -0.1) is 0 Å². The molecule has 126 valence electrons. The number of amides is 1. The molecule has 0 bridgehead atoms. The summed E-state index contributed by atoms with van der Waals surface area (Å²) in [4.78, 5) is 22.0. The summed E-state index contributed by atoms with van der Waals surface area (Å²) in [5.41, 5.74) is 6.78. The number of aromatic carboxylic acids is 1. The lowest BCUT2D eigenvalue weighted by molar-refractivity contribution is -0.116. The fourth-order valence-electron chi connectivity index (χ4n) is 2.18. The average molecular weight is 348 g/mol. The van der Waals surface area contributed by atoms with Gasteiger partial charge in [0.15, 0.2) is 0 Å². The van der Waals surface area contributed by atoms with Crippen LogP contribution in [0.25, 0.3) is 11.1 Å². The van der Waals surface area contributed by atoms with Crippen LogP contribution in [0.5, 0.6) is 0 Å². The standard InChI is InChI=1S/C16H16N2O5S/c1-10-3-2-4-11(7-10)13-6-5-12(8-14(13)16(20)21)24(22,23)18-9-15(17)19/h2-8,18H,9H2,1H3,(H2,17,19)(H,20,21). The molecular formula is C16H16N2O5S. The Labute approximate surface area is 139 Å². The predicted octanol–water partition coefficient (Wildman–Crippen LogP) is 1.12. The summed E-state index contributed by atoms with van der Waals surface area (Å²) in [6.45, 7) is 1.31. The lowest BCUT2D eigenvalue weighted by atomic mass is 9.98. The van der Waals surface area contributed by atoms with Crippen molar-refractivity contribution in [2.24, 2.45) is 5.73 Å². The van der Waals surface area contributed by atoms with E-state index in [4.69, 9.17) is 5.73 Å². The van der Waals surface area contributed by atoms with Crippen LogP contribution in [0.15, 0.2) is 47.4 Å². The van der Waals surface area contributed by atoms with Gasteiger partial charge in [0, 0.05) is 0 Å². The number of carbonyl (C=O) groups is 2. The molecule has 2 aromatic carbocycles. The SMILES string of the molecule is Cc1cccc(-c2ccc(S(=O)(=O)NCC(N)=O)cc2C(=O)O)c1. The van der Waals surface area contributed by atoms with E-state index >= 15 is 0 Å². The van der Waals surface area contributed by atoms with E-state index in [2.05, 4.69) is 0 Å². The summed E-state index contributed by atoms with van der Waals surface area (Å²) in [7, 11) is -4.03. The highest BCUT2D eigenvalue weighted by Crippen LogP contribution is 2.27. The summed E-state index contributed by atoms with van der Waals surface area (Å²) in [5, 5.41) is 9.42. The summed E-state index contributed by atoms with van der Waals surface area (Å²) in [6, 6.07) is 11.0. The van der Waals surface area contributed by atoms with E-state index in [0.717, 1.165) is 11.6 Å². The molecule has 0 unspecified atom stereocenters. The smallest absolute Gasteiger partial charge is 0.336 e. The fraction of sp³-hybridized carbons (Fsp3) is 0.125. The number of carboxylic acids is 1. The first kappa shape index (κ1) is 17.6. The van der Waals surface area contributed by atoms with Crippen LogP contribution in [0.2, 0.25) is 0 Å². The number of aryl methyl sites for hydroxylation is 1. The molecule has 2 aromatic rings. The highest BCUT2D eigenvalue weighted by molar-refractivity contribution is 7.89. The van der Waals surface area contributed by atoms with Gasteiger partial charge < -0.3 is 10.8 Å². The van der Waals surface area contributed by atoms with Gasteiger partial charge in [0.25, 0.3) is 0 Å². The van der Waals surface area contributed by atoms with Gasteiger partial charge >= 0.3 is 5.97 Å². The molecule has 0 aliphatic heterocycles. The molecule has 0 saturated heterocycles. The minimum Gasteiger partial charge on any atom is -0.478 e. The Hall–Kier alpha value is -2.71. The van der Waals surface area contributed by atoms with Crippen LogP contribution in [-0.4, -0.2) is 31.9 Å². The van der Waals surface area contributed by atoms with E-state index in [1.54, 1.807) is 18.2 Å². The Kier molecular flexibility index (Phi) is 5.01. The van der Waals surface area contributed by atoms with Crippen LogP contribution >= 0.6 is 0 Å². The Bertz CT molecular complexity index is 906. The third-order valence-electron chi connectivity index (χ3n) is 3.30. The van der Waals surface area contributed by atoms with Crippen LogP contribution in [0.4, 0.5) is 0 Å². The number of sulfonamides is 1. The summed E-state index contributed by atoms with van der Waals surface area (Å²) in [6.07, 6.45) is 0. The van der Waals surface area contributed by atoms with Gasteiger partial charge in [-0.25, -0.2) is 17.9 Å². The van der Waals surface area contributed by atoms with Crippen LogP contribution < -0.4 is 10.5 Å². The van der Waals surface area contributed by atoms with E-state index in [0.29, 0.717) is 11.1 Å². The van der Waals surface area contributed by atoms with E-state index in [9.17, 15) is 23.1 Å². The molecule has 0 atom stereocenters. The maximum atomic E-state index is 12.1.